The molecule has 4 aliphatic carbocycles. The Balaban J connectivity index is 1.66. The third kappa shape index (κ3) is 2.18. The van der Waals surface area contributed by atoms with Gasteiger partial charge in [0, 0.05) is 5.57 Å². The van der Waals surface area contributed by atoms with Gasteiger partial charge in [0.05, 0.1) is 11.7 Å². The van der Waals surface area contributed by atoms with Gasteiger partial charge in [-0.25, -0.2) is 0 Å². The molecule has 0 radical (unpaired) electrons. The molecule has 2 bridgehead atoms. The normalized spacial score (nSPS) is 43.7. The first kappa shape index (κ1) is 16.7. The van der Waals surface area contributed by atoms with Gasteiger partial charge in [-0.3, -0.25) is 0 Å². The number of rotatable bonds is 1. The summed E-state index contributed by atoms with van der Waals surface area (Å²) in [5, 5.41) is 0. The Labute approximate surface area is 141 Å². The monoisotopic (exact) mass is 340 g/mol. The van der Waals surface area contributed by atoms with E-state index in [1.54, 1.807) is 13.0 Å². The first-order chi connectivity index (χ1) is 11.0. The van der Waals surface area contributed by atoms with Crippen molar-refractivity contribution >= 4 is 7.12 Å². The van der Waals surface area contributed by atoms with E-state index in [4.69, 9.17) is 9.31 Å². The molecule has 3 saturated carbocycles. The Morgan fingerprint density at radius 3 is 2.54 bits per heavy atom. The topological polar surface area (TPSA) is 18.5 Å². The van der Waals surface area contributed by atoms with E-state index in [0.29, 0.717) is 11.8 Å². The minimum atomic E-state index is -4.34. The van der Waals surface area contributed by atoms with Crippen LogP contribution in [0.2, 0.25) is 0 Å². The molecular formula is C18H24BF3O2. The number of halogens is 3. The average molecular weight is 340 g/mol. The van der Waals surface area contributed by atoms with Gasteiger partial charge in [0.25, 0.3) is 0 Å². The first-order valence-corrected chi connectivity index (χ1v) is 8.85. The van der Waals surface area contributed by atoms with Gasteiger partial charge in [0.2, 0.25) is 0 Å². The van der Waals surface area contributed by atoms with Crippen LogP contribution in [-0.4, -0.2) is 25.0 Å². The number of hydrogen-bond donors (Lipinski definition) is 0. The third-order valence-electron chi connectivity index (χ3n) is 7.02. The van der Waals surface area contributed by atoms with Crippen molar-refractivity contribution in [2.24, 2.45) is 23.2 Å². The lowest BCUT2D eigenvalue weighted by molar-refractivity contribution is -0.199. The highest BCUT2D eigenvalue weighted by molar-refractivity contribution is 6.55. The zero-order valence-corrected chi connectivity index (χ0v) is 14.6. The highest BCUT2D eigenvalue weighted by Crippen LogP contribution is 2.66. The smallest absolute Gasteiger partial charge is 0.402 e. The largest absolute Gasteiger partial charge is 0.494 e. The second kappa shape index (κ2) is 4.91. The number of alkyl halides is 3. The molecule has 5 aliphatic rings. The van der Waals surface area contributed by atoms with E-state index in [0.717, 1.165) is 12.8 Å². The minimum Gasteiger partial charge on any atom is -0.402 e. The van der Waals surface area contributed by atoms with Crippen molar-refractivity contribution in [2.75, 3.05) is 0 Å². The Morgan fingerprint density at radius 2 is 1.92 bits per heavy atom. The molecule has 0 amide bonds. The maximum absolute atomic E-state index is 13.5. The zero-order chi connectivity index (χ0) is 17.5. The molecular weight excluding hydrogens is 316 g/mol. The number of allylic oxidation sites excluding steroid dienone is 4. The van der Waals surface area contributed by atoms with Gasteiger partial charge in [-0.15, -0.1) is 0 Å². The predicted octanol–water partition coefficient (Wildman–Crippen LogP) is 4.71. The van der Waals surface area contributed by atoms with Crippen LogP contribution in [0.1, 0.15) is 47.0 Å². The summed E-state index contributed by atoms with van der Waals surface area (Å²) in [4.78, 5) is 0. The molecule has 5 rings (SSSR count). The van der Waals surface area contributed by atoms with Crippen LogP contribution in [0.4, 0.5) is 13.2 Å². The fourth-order valence-electron chi connectivity index (χ4n) is 5.38. The minimum absolute atomic E-state index is 0.00250. The van der Waals surface area contributed by atoms with Crippen LogP contribution in [0.5, 0.6) is 0 Å². The summed E-state index contributed by atoms with van der Waals surface area (Å²) in [6.07, 6.45) is 0.922. The van der Waals surface area contributed by atoms with Crippen molar-refractivity contribution in [2.45, 2.75) is 64.8 Å². The summed E-state index contributed by atoms with van der Waals surface area (Å²) in [7, 11) is -0.893. The molecule has 0 spiro atoms. The van der Waals surface area contributed by atoms with E-state index in [2.05, 4.69) is 13.8 Å². The fourth-order valence-corrected chi connectivity index (χ4v) is 5.38. The Hall–Kier alpha value is -0.745. The van der Waals surface area contributed by atoms with Crippen LogP contribution >= 0.6 is 0 Å². The van der Waals surface area contributed by atoms with Gasteiger partial charge < -0.3 is 9.31 Å². The molecule has 1 heterocycles. The van der Waals surface area contributed by atoms with Gasteiger partial charge >= 0.3 is 13.3 Å². The Morgan fingerprint density at radius 1 is 1.21 bits per heavy atom. The summed E-state index contributed by atoms with van der Waals surface area (Å²) in [6, 6.07) is 0. The molecule has 132 valence electrons. The molecule has 6 heteroatoms. The highest BCUT2D eigenvalue weighted by atomic mass is 19.4. The van der Waals surface area contributed by atoms with Crippen LogP contribution in [0.15, 0.2) is 23.2 Å². The first-order valence-electron chi connectivity index (χ1n) is 8.85. The van der Waals surface area contributed by atoms with E-state index in [1.807, 2.05) is 13.0 Å². The van der Waals surface area contributed by atoms with Gasteiger partial charge in [-0.05, 0) is 54.8 Å². The Kier molecular flexibility index (Phi) is 3.42. The molecule has 4 fully saturated rings. The van der Waals surface area contributed by atoms with Crippen LogP contribution in [0.3, 0.4) is 0 Å². The van der Waals surface area contributed by atoms with Crippen molar-refractivity contribution < 1.29 is 22.5 Å². The fraction of sp³-hybridized carbons (Fsp3) is 0.778. The third-order valence-corrected chi connectivity index (χ3v) is 7.02. The van der Waals surface area contributed by atoms with E-state index >= 15 is 0 Å². The lowest BCUT2D eigenvalue weighted by Gasteiger charge is -2.64. The van der Waals surface area contributed by atoms with Crippen LogP contribution in [0, 0.1) is 23.2 Å². The van der Waals surface area contributed by atoms with Crippen molar-refractivity contribution in [3.05, 3.63) is 23.2 Å². The summed E-state index contributed by atoms with van der Waals surface area (Å²) in [5.74, 6) is 0.817. The van der Waals surface area contributed by atoms with Crippen LogP contribution in [-0.2, 0) is 9.31 Å². The Bertz CT molecular complexity index is 624. The van der Waals surface area contributed by atoms with Crippen molar-refractivity contribution in [1.82, 2.24) is 0 Å². The molecule has 0 aromatic heterocycles. The second-order valence-electron chi connectivity index (χ2n) is 8.77. The number of hydrogen-bond acceptors (Lipinski definition) is 2. The summed E-state index contributed by atoms with van der Waals surface area (Å²) >= 11 is 0. The van der Waals surface area contributed by atoms with E-state index < -0.39 is 24.5 Å². The molecule has 24 heavy (non-hydrogen) atoms. The van der Waals surface area contributed by atoms with Gasteiger partial charge in [0.15, 0.2) is 0 Å². The SMILES string of the molecule is CC1C=CC(B2OC3CC4CC(C4(C)C)C3(C)O2)=C(C(F)(F)F)C1. The molecule has 1 saturated heterocycles. The van der Waals surface area contributed by atoms with Gasteiger partial charge in [0.1, 0.15) is 0 Å². The van der Waals surface area contributed by atoms with E-state index in [9.17, 15) is 13.2 Å². The molecule has 5 atom stereocenters. The molecule has 1 aliphatic heterocycles. The summed E-state index contributed by atoms with van der Waals surface area (Å²) in [6.45, 7) is 8.31. The van der Waals surface area contributed by atoms with Crippen LogP contribution in [0.25, 0.3) is 0 Å². The van der Waals surface area contributed by atoms with Crippen molar-refractivity contribution in [3.63, 3.8) is 0 Å². The molecule has 0 aromatic carbocycles. The van der Waals surface area contributed by atoms with E-state index in [1.165, 1.54) is 0 Å². The van der Waals surface area contributed by atoms with Gasteiger partial charge in [-0.2, -0.15) is 13.2 Å². The second-order valence-corrected chi connectivity index (χ2v) is 8.77. The molecule has 2 nitrogen and oxygen atoms in total. The lowest BCUT2D eigenvalue weighted by Crippen LogP contribution is -2.65. The predicted molar refractivity (Wildman–Crippen MR) is 86.1 cm³/mol. The summed E-state index contributed by atoms with van der Waals surface area (Å²) < 4.78 is 52.7. The molecule has 0 N–H and O–H groups in total. The summed E-state index contributed by atoms with van der Waals surface area (Å²) in [5.41, 5.74) is -0.617. The van der Waals surface area contributed by atoms with Crippen molar-refractivity contribution in [3.8, 4) is 0 Å². The molecule has 0 aromatic rings. The molecule has 5 unspecified atom stereocenters. The van der Waals surface area contributed by atoms with Gasteiger partial charge in [-0.1, -0.05) is 32.9 Å². The van der Waals surface area contributed by atoms with Crippen molar-refractivity contribution in [1.29, 1.82) is 0 Å². The lowest BCUT2D eigenvalue weighted by atomic mass is 9.43. The zero-order valence-electron chi connectivity index (χ0n) is 14.6. The maximum atomic E-state index is 13.5. The quantitative estimate of drug-likeness (QED) is 0.644. The van der Waals surface area contributed by atoms with E-state index in [-0.39, 0.29) is 29.3 Å². The highest BCUT2D eigenvalue weighted by Gasteiger charge is 2.68. The maximum Gasteiger partial charge on any atom is 0.494 e. The standard InChI is InChI=1S/C18H24BF3O2/c1-10-5-6-13(12(7-10)18(20,21)22)19-23-15-9-11-8-14(16(11,2)3)17(15,4)24-19/h5-6,10-11,14-15H,7-9H2,1-4H3. The average Bonchev–Trinajstić information content (AvgIpc) is 2.82. The van der Waals surface area contributed by atoms with Crippen LogP contribution < -0.4 is 0 Å².